The first kappa shape index (κ1) is 16.5. The number of carbonyl (C=O) groups excluding carboxylic acids is 1. The molecular weight excluding hydrogens is 274 g/mol. The molecule has 1 aromatic heterocycles. The van der Waals surface area contributed by atoms with Gasteiger partial charge in [0.1, 0.15) is 11.9 Å². The van der Waals surface area contributed by atoms with Crippen LogP contribution in [0.25, 0.3) is 0 Å². The Bertz CT molecular complexity index is 583. The van der Waals surface area contributed by atoms with Crippen LogP contribution in [0.1, 0.15) is 68.1 Å². The van der Waals surface area contributed by atoms with Crippen LogP contribution in [0.5, 0.6) is 0 Å². The summed E-state index contributed by atoms with van der Waals surface area (Å²) in [5.74, 6) is 1.27. The van der Waals surface area contributed by atoms with Crippen molar-refractivity contribution in [1.29, 1.82) is 5.26 Å². The first-order valence-electron chi connectivity index (χ1n) is 8.41. The van der Waals surface area contributed by atoms with Gasteiger partial charge in [0.25, 0.3) is 0 Å². The summed E-state index contributed by atoms with van der Waals surface area (Å²) >= 11 is 0. The second-order valence-corrected chi connectivity index (χ2v) is 5.95. The zero-order valence-electron chi connectivity index (χ0n) is 13.9. The number of ketones is 1. The summed E-state index contributed by atoms with van der Waals surface area (Å²) in [4.78, 5) is 19.0. The molecule has 2 heterocycles. The summed E-state index contributed by atoms with van der Waals surface area (Å²) in [6.45, 7) is 8.01. The standard InChI is InChI=1S/C16H19N3O.C2H6/c1-11-7-14-13(15(20)8-11)9-12(10-17)16(18-14)19-5-3-2-4-6-19;1-2/h9,11H,2-8H2,1H3;1-2H3. The fourth-order valence-corrected chi connectivity index (χ4v) is 3.20. The molecule has 1 saturated heterocycles. The van der Waals surface area contributed by atoms with Crippen LogP contribution in [-0.2, 0) is 6.42 Å². The van der Waals surface area contributed by atoms with Crippen molar-refractivity contribution in [3.63, 3.8) is 0 Å². The molecule has 1 unspecified atom stereocenters. The van der Waals surface area contributed by atoms with Crippen LogP contribution in [0.15, 0.2) is 6.07 Å². The van der Waals surface area contributed by atoms with E-state index in [2.05, 4.69) is 17.9 Å². The highest BCUT2D eigenvalue weighted by Gasteiger charge is 2.27. The number of Topliss-reactive ketones (excluding diaryl/α,β-unsaturated/α-hetero) is 1. The van der Waals surface area contributed by atoms with Gasteiger partial charge in [-0.3, -0.25) is 4.79 Å². The number of hydrogen-bond acceptors (Lipinski definition) is 4. The summed E-state index contributed by atoms with van der Waals surface area (Å²) < 4.78 is 0. The quantitative estimate of drug-likeness (QED) is 0.792. The van der Waals surface area contributed by atoms with Gasteiger partial charge in [-0.15, -0.1) is 0 Å². The Morgan fingerprint density at radius 3 is 2.55 bits per heavy atom. The molecule has 2 aliphatic rings. The Balaban J connectivity index is 0.000000847. The van der Waals surface area contributed by atoms with Crippen LogP contribution in [0, 0.1) is 17.2 Å². The predicted octanol–water partition coefficient (Wildman–Crippen LogP) is 3.73. The van der Waals surface area contributed by atoms with Crippen LogP contribution in [0.4, 0.5) is 5.82 Å². The van der Waals surface area contributed by atoms with E-state index in [4.69, 9.17) is 4.98 Å². The number of nitrogens with zero attached hydrogens (tertiary/aromatic N) is 3. The third kappa shape index (κ3) is 3.30. The zero-order valence-corrected chi connectivity index (χ0v) is 13.9. The van der Waals surface area contributed by atoms with E-state index in [-0.39, 0.29) is 5.78 Å². The summed E-state index contributed by atoms with van der Waals surface area (Å²) in [7, 11) is 0. The zero-order chi connectivity index (χ0) is 16.1. The monoisotopic (exact) mass is 299 g/mol. The molecule has 1 atom stereocenters. The molecule has 0 amide bonds. The molecule has 0 radical (unpaired) electrons. The first-order chi connectivity index (χ1) is 10.7. The molecule has 22 heavy (non-hydrogen) atoms. The number of carbonyl (C=O) groups is 1. The third-order valence-corrected chi connectivity index (χ3v) is 4.23. The second kappa shape index (κ2) is 7.40. The summed E-state index contributed by atoms with van der Waals surface area (Å²) in [5, 5.41) is 9.36. The Hall–Kier alpha value is -1.89. The summed E-state index contributed by atoms with van der Waals surface area (Å²) in [6, 6.07) is 3.98. The molecule has 0 aromatic carbocycles. The van der Waals surface area contributed by atoms with E-state index in [1.807, 2.05) is 13.8 Å². The van der Waals surface area contributed by atoms with Crippen molar-refractivity contribution in [2.75, 3.05) is 18.0 Å². The molecule has 1 aliphatic heterocycles. The average molecular weight is 299 g/mol. The van der Waals surface area contributed by atoms with Crippen molar-refractivity contribution in [3.8, 4) is 6.07 Å². The SMILES string of the molecule is CC.CC1CC(=O)c2cc(C#N)c(N3CCCCC3)nc2C1. The van der Waals surface area contributed by atoms with Gasteiger partial charge in [-0.05, 0) is 37.7 Å². The third-order valence-electron chi connectivity index (χ3n) is 4.23. The lowest BCUT2D eigenvalue weighted by molar-refractivity contribution is 0.0952. The van der Waals surface area contributed by atoms with E-state index in [0.29, 0.717) is 23.5 Å². The molecule has 0 saturated carbocycles. The molecule has 1 aromatic rings. The van der Waals surface area contributed by atoms with E-state index in [0.717, 1.165) is 43.9 Å². The summed E-state index contributed by atoms with van der Waals surface area (Å²) in [5.41, 5.74) is 2.10. The predicted molar refractivity (Wildman–Crippen MR) is 88.2 cm³/mol. The molecule has 4 heteroatoms. The minimum Gasteiger partial charge on any atom is -0.356 e. The van der Waals surface area contributed by atoms with Crippen LogP contribution in [-0.4, -0.2) is 23.9 Å². The molecule has 0 spiro atoms. The van der Waals surface area contributed by atoms with Gasteiger partial charge >= 0.3 is 0 Å². The van der Waals surface area contributed by atoms with Crippen molar-refractivity contribution in [2.24, 2.45) is 5.92 Å². The highest BCUT2D eigenvalue weighted by atomic mass is 16.1. The van der Waals surface area contributed by atoms with Crippen LogP contribution >= 0.6 is 0 Å². The Morgan fingerprint density at radius 2 is 1.91 bits per heavy atom. The maximum absolute atomic E-state index is 12.1. The minimum absolute atomic E-state index is 0.132. The van der Waals surface area contributed by atoms with Crippen molar-refractivity contribution >= 4 is 11.6 Å². The number of pyridine rings is 1. The van der Waals surface area contributed by atoms with Gasteiger partial charge in [0.05, 0.1) is 11.3 Å². The molecular formula is C18H25N3O. The Morgan fingerprint density at radius 1 is 1.23 bits per heavy atom. The van der Waals surface area contributed by atoms with Gasteiger partial charge in [-0.2, -0.15) is 5.26 Å². The molecule has 0 N–H and O–H groups in total. The van der Waals surface area contributed by atoms with Crippen molar-refractivity contribution in [3.05, 3.63) is 22.9 Å². The normalized spacial score (nSPS) is 20.5. The Kier molecular flexibility index (Phi) is 5.54. The van der Waals surface area contributed by atoms with Crippen molar-refractivity contribution in [2.45, 2.75) is 52.9 Å². The van der Waals surface area contributed by atoms with Gasteiger partial charge in [0, 0.05) is 25.1 Å². The molecule has 1 fully saturated rings. The number of fused-ring (bicyclic) bond motifs is 1. The maximum atomic E-state index is 12.1. The Labute approximate surface area is 133 Å². The smallest absolute Gasteiger partial charge is 0.165 e. The van der Waals surface area contributed by atoms with E-state index >= 15 is 0 Å². The second-order valence-electron chi connectivity index (χ2n) is 5.95. The topological polar surface area (TPSA) is 57.0 Å². The van der Waals surface area contributed by atoms with Crippen LogP contribution < -0.4 is 4.90 Å². The fraction of sp³-hybridized carbons (Fsp3) is 0.611. The fourth-order valence-electron chi connectivity index (χ4n) is 3.20. The molecule has 1 aliphatic carbocycles. The highest BCUT2D eigenvalue weighted by molar-refractivity contribution is 5.99. The lowest BCUT2D eigenvalue weighted by atomic mass is 9.86. The van der Waals surface area contributed by atoms with E-state index in [1.54, 1.807) is 6.07 Å². The minimum atomic E-state index is 0.132. The lowest BCUT2D eigenvalue weighted by Crippen LogP contribution is -2.32. The molecule has 4 nitrogen and oxygen atoms in total. The first-order valence-corrected chi connectivity index (χ1v) is 8.41. The van der Waals surface area contributed by atoms with Gasteiger partial charge in [-0.25, -0.2) is 4.98 Å². The number of piperidine rings is 1. The summed E-state index contributed by atoms with van der Waals surface area (Å²) in [6.07, 6.45) is 4.97. The largest absolute Gasteiger partial charge is 0.356 e. The van der Waals surface area contributed by atoms with Gasteiger partial charge < -0.3 is 4.90 Å². The number of anilines is 1. The molecule has 3 rings (SSSR count). The molecule has 0 bridgehead atoms. The number of rotatable bonds is 1. The number of aromatic nitrogens is 1. The van der Waals surface area contributed by atoms with Gasteiger partial charge in [0.15, 0.2) is 5.78 Å². The van der Waals surface area contributed by atoms with Gasteiger partial charge in [0.2, 0.25) is 0 Å². The van der Waals surface area contributed by atoms with E-state index < -0.39 is 0 Å². The van der Waals surface area contributed by atoms with E-state index in [1.165, 1.54) is 6.42 Å². The van der Waals surface area contributed by atoms with Crippen LogP contribution in [0.2, 0.25) is 0 Å². The van der Waals surface area contributed by atoms with Gasteiger partial charge in [-0.1, -0.05) is 20.8 Å². The lowest BCUT2D eigenvalue weighted by Gasteiger charge is -2.30. The highest BCUT2D eigenvalue weighted by Crippen LogP contribution is 2.30. The number of hydrogen-bond donors (Lipinski definition) is 0. The van der Waals surface area contributed by atoms with E-state index in [9.17, 15) is 10.1 Å². The number of nitriles is 1. The van der Waals surface area contributed by atoms with Crippen molar-refractivity contribution in [1.82, 2.24) is 4.98 Å². The maximum Gasteiger partial charge on any atom is 0.165 e. The average Bonchev–Trinajstić information content (AvgIpc) is 2.56. The van der Waals surface area contributed by atoms with Crippen molar-refractivity contribution < 1.29 is 4.79 Å². The molecule has 118 valence electrons. The van der Waals surface area contributed by atoms with Crippen LogP contribution in [0.3, 0.4) is 0 Å².